The number of sulfonamides is 1. The third kappa shape index (κ3) is 5.83. The Kier molecular flexibility index (Phi) is 7.50. The number of likely N-dealkylation sites (N-methyl/N-ethyl adjacent to an activating group) is 1. The van der Waals surface area contributed by atoms with Crippen molar-refractivity contribution in [1.29, 1.82) is 0 Å². The van der Waals surface area contributed by atoms with Crippen molar-refractivity contribution in [3.63, 3.8) is 0 Å². The van der Waals surface area contributed by atoms with E-state index in [9.17, 15) is 13.2 Å². The fourth-order valence-electron chi connectivity index (χ4n) is 3.48. The molecule has 0 atom stereocenters. The zero-order valence-corrected chi connectivity index (χ0v) is 18.5. The van der Waals surface area contributed by atoms with Gasteiger partial charge in [-0.2, -0.15) is 4.31 Å². The van der Waals surface area contributed by atoms with Crippen LogP contribution in [0.1, 0.15) is 30.4 Å². The summed E-state index contributed by atoms with van der Waals surface area (Å²) >= 11 is 0. The molecule has 1 aliphatic heterocycles. The molecule has 162 valence electrons. The van der Waals surface area contributed by atoms with E-state index < -0.39 is 10.0 Å². The molecular weight excluding hydrogens is 400 g/mol. The van der Waals surface area contributed by atoms with Gasteiger partial charge in [0, 0.05) is 26.6 Å². The molecule has 3 rings (SSSR count). The van der Waals surface area contributed by atoms with Crippen molar-refractivity contribution in [3.05, 3.63) is 59.7 Å². The molecule has 0 unspecified atom stereocenters. The van der Waals surface area contributed by atoms with E-state index in [0.717, 1.165) is 29.7 Å². The molecule has 1 fully saturated rings. The van der Waals surface area contributed by atoms with Gasteiger partial charge in [0.15, 0.2) is 0 Å². The number of amides is 1. The second-order valence-electron chi connectivity index (χ2n) is 7.74. The quantitative estimate of drug-likeness (QED) is 0.613. The Morgan fingerprint density at radius 1 is 1.10 bits per heavy atom. The largest absolute Gasteiger partial charge is 0.492 e. The Morgan fingerprint density at radius 2 is 1.80 bits per heavy atom. The van der Waals surface area contributed by atoms with Crippen LogP contribution in [0.15, 0.2) is 53.4 Å². The normalized spacial score (nSPS) is 14.6. The predicted molar refractivity (Wildman–Crippen MR) is 117 cm³/mol. The summed E-state index contributed by atoms with van der Waals surface area (Å²) in [6, 6.07) is 14.7. The van der Waals surface area contributed by atoms with Gasteiger partial charge >= 0.3 is 0 Å². The van der Waals surface area contributed by atoms with E-state index in [1.165, 1.54) is 0 Å². The molecule has 0 radical (unpaired) electrons. The molecule has 2 aromatic rings. The van der Waals surface area contributed by atoms with Gasteiger partial charge in [-0.15, -0.1) is 0 Å². The maximum absolute atomic E-state index is 12.6. The summed E-state index contributed by atoms with van der Waals surface area (Å²) in [5.74, 6) is 0.844. The molecule has 2 aromatic carbocycles. The molecule has 1 heterocycles. The second kappa shape index (κ2) is 10.1. The zero-order valence-electron chi connectivity index (χ0n) is 17.7. The van der Waals surface area contributed by atoms with Crippen molar-refractivity contribution in [2.75, 3.05) is 33.3 Å². The van der Waals surface area contributed by atoms with Gasteiger partial charge in [-0.05, 0) is 61.6 Å². The van der Waals surface area contributed by atoms with Crippen molar-refractivity contribution in [2.24, 2.45) is 0 Å². The summed E-state index contributed by atoms with van der Waals surface area (Å²) in [5, 5.41) is 0. The monoisotopic (exact) mass is 430 g/mol. The zero-order chi connectivity index (χ0) is 21.6. The fourth-order valence-corrected chi connectivity index (χ4v) is 5.00. The van der Waals surface area contributed by atoms with E-state index in [2.05, 4.69) is 0 Å². The summed E-state index contributed by atoms with van der Waals surface area (Å²) in [5.41, 5.74) is 2.09. The van der Waals surface area contributed by atoms with Gasteiger partial charge in [-0.1, -0.05) is 24.3 Å². The highest BCUT2D eigenvalue weighted by molar-refractivity contribution is 7.89. The van der Waals surface area contributed by atoms with E-state index in [1.54, 1.807) is 40.5 Å². The van der Waals surface area contributed by atoms with Crippen LogP contribution in [0.2, 0.25) is 0 Å². The lowest BCUT2D eigenvalue weighted by Gasteiger charge is -2.18. The topological polar surface area (TPSA) is 66.9 Å². The van der Waals surface area contributed by atoms with Crippen molar-refractivity contribution < 1.29 is 17.9 Å². The summed E-state index contributed by atoms with van der Waals surface area (Å²) in [6.45, 7) is 4.16. The van der Waals surface area contributed by atoms with E-state index >= 15 is 0 Å². The van der Waals surface area contributed by atoms with Crippen LogP contribution in [-0.4, -0.2) is 56.8 Å². The van der Waals surface area contributed by atoms with Crippen LogP contribution in [0.3, 0.4) is 0 Å². The molecule has 0 aromatic heterocycles. The third-order valence-corrected chi connectivity index (χ3v) is 7.28. The predicted octanol–water partition coefficient (Wildman–Crippen LogP) is 3.25. The molecule has 7 heteroatoms. The highest BCUT2D eigenvalue weighted by atomic mass is 32.2. The van der Waals surface area contributed by atoms with E-state index in [4.69, 9.17) is 4.74 Å². The number of ether oxygens (including phenoxy) is 1. The average Bonchev–Trinajstić information content (AvgIpc) is 3.28. The van der Waals surface area contributed by atoms with Crippen molar-refractivity contribution in [2.45, 2.75) is 37.5 Å². The Morgan fingerprint density at radius 3 is 2.47 bits per heavy atom. The Bertz CT molecular complexity index is 951. The van der Waals surface area contributed by atoms with Gasteiger partial charge in [-0.3, -0.25) is 4.79 Å². The number of hydrogen-bond donors (Lipinski definition) is 0. The Hall–Kier alpha value is -2.38. The van der Waals surface area contributed by atoms with E-state index in [1.807, 2.05) is 31.2 Å². The molecule has 30 heavy (non-hydrogen) atoms. The number of hydrogen-bond acceptors (Lipinski definition) is 4. The minimum Gasteiger partial charge on any atom is -0.492 e. The smallest absolute Gasteiger partial charge is 0.243 e. The maximum Gasteiger partial charge on any atom is 0.243 e. The van der Waals surface area contributed by atoms with Crippen molar-refractivity contribution in [3.8, 4) is 5.75 Å². The maximum atomic E-state index is 12.6. The van der Waals surface area contributed by atoms with Crippen LogP contribution < -0.4 is 4.74 Å². The SMILES string of the molecule is Cc1cccc(OCCN(C)C(=O)CCc2ccc(S(=O)(=O)N3CCCC3)cc2)c1. The lowest BCUT2D eigenvalue weighted by atomic mass is 10.1. The minimum absolute atomic E-state index is 0.0385. The standard InChI is InChI=1S/C23H30N2O4S/c1-19-6-5-7-21(18-19)29-17-16-24(2)23(26)13-10-20-8-11-22(12-9-20)30(27,28)25-14-3-4-15-25/h5-9,11-12,18H,3-4,10,13-17H2,1-2H3. The van der Waals surface area contributed by atoms with Crippen LogP contribution in [0.5, 0.6) is 5.75 Å². The number of benzene rings is 2. The number of carbonyl (C=O) groups is 1. The van der Waals surface area contributed by atoms with Gasteiger partial charge in [0.1, 0.15) is 12.4 Å². The summed E-state index contributed by atoms with van der Waals surface area (Å²) in [4.78, 5) is 14.4. The molecule has 0 N–H and O–H groups in total. The van der Waals surface area contributed by atoms with Gasteiger partial charge in [-0.25, -0.2) is 8.42 Å². The molecule has 1 amide bonds. The van der Waals surface area contributed by atoms with Crippen LogP contribution in [0, 0.1) is 6.92 Å². The molecule has 0 bridgehead atoms. The molecule has 0 spiro atoms. The van der Waals surface area contributed by atoms with Gasteiger partial charge in [0.2, 0.25) is 15.9 Å². The van der Waals surface area contributed by atoms with Crippen LogP contribution in [0.4, 0.5) is 0 Å². The molecule has 1 aliphatic rings. The third-order valence-electron chi connectivity index (χ3n) is 5.36. The Labute approximate surface area is 179 Å². The van der Waals surface area contributed by atoms with Crippen molar-refractivity contribution in [1.82, 2.24) is 9.21 Å². The average molecular weight is 431 g/mol. The minimum atomic E-state index is -3.39. The molecule has 0 saturated carbocycles. The first-order valence-electron chi connectivity index (χ1n) is 10.4. The number of rotatable bonds is 9. The number of nitrogens with zero attached hydrogens (tertiary/aromatic N) is 2. The van der Waals surface area contributed by atoms with E-state index in [0.29, 0.717) is 44.0 Å². The molecule has 1 saturated heterocycles. The molecular formula is C23H30N2O4S. The first kappa shape index (κ1) is 22.3. The second-order valence-corrected chi connectivity index (χ2v) is 9.67. The highest BCUT2D eigenvalue weighted by Crippen LogP contribution is 2.21. The molecule has 0 aliphatic carbocycles. The fraction of sp³-hybridized carbons (Fsp3) is 0.435. The number of carbonyl (C=O) groups excluding carboxylic acids is 1. The first-order valence-corrected chi connectivity index (χ1v) is 11.8. The summed E-state index contributed by atoms with van der Waals surface area (Å²) in [6.07, 6.45) is 2.79. The highest BCUT2D eigenvalue weighted by Gasteiger charge is 2.26. The van der Waals surface area contributed by atoms with Crippen LogP contribution >= 0.6 is 0 Å². The summed E-state index contributed by atoms with van der Waals surface area (Å²) in [7, 11) is -1.62. The van der Waals surface area contributed by atoms with Gasteiger partial charge in [0.05, 0.1) is 11.4 Å². The molecule has 6 nitrogen and oxygen atoms in total. The van der Waals surface area contributed by atoms with E-state index in [-0.39, 0.29) is 5.91 Å². The summed E-state index contributed by atoms with van der Waals surface area (Å²) < 4.78 is 32.4. The first-order chi connectivity index (χ1) is 14.4. The van der Waals surface area contributed by atoms with Gasteiger partial charge < -0.3 is 9.64 Å². The van der Waals surface area contributed by atoms with Crippen LogP contribution in [0.25, 0.3) is 0 Å². The van der Waals surface area contributed by atoms with Crippen LogP contribution in [-0.2, 0) is 21.2 Å². The lowest BCUT2D eigenvalue weighted by Crippen LogP contribution is -2.31. The van der Waals surface area contributed by atoms with Gasteiger partial charge in [0.25, 0.3) is 0 Å². The van der Waals surface area contributed by atoms with Crippen molar-refractivity contribution >= 4 is 15.9 Å². The lowest BCUT2D eigenvalue weighted by molar-refractivity contribution is -0.130. The Balaban J connectivity index is 1.44. The number of aryl methyl sites for hydroxylation is 2.